The molecule has 0 aliphatic carbocycles. The van der Waals surface area contributed by atoms with Crippen LogP contribution in [0.2, 0.25) is 0 Å². The van der Waals surface area contributed by atoms with E-state index >= 15 is 0 Å². The molecule has 1 N–H and O–H groups in total. The van der Waals surface area contributed by atoms with Gasteiger partial charge in [0.1, 0.15) is 0 Å². The lowest BCUT2D eigenvalue weighted by molar-refractivity contribution is -0.131. The van der Waals surface area contributed by atoms with Crippen LogP contribution in [-0.4, -0.2) is 11.1 Å². The van der Waals surface area contributed by atoms with Gasteiger partial charge in [-0.3, -0.25) is 0 Å². The van der Waals surface area contributed by atoms with Crippen molar-refractivity contribution < 1.29 is 9.90 Å². The van der Waals surface area contributed by atoms with Crippen LogP contribution in [0.25, 0.3) is 6.08 Å². The number of benzene rings is 1. The van der Waals surface area contributed by atoms with Crippen LogP contribution in [0.15, 0.2) is 30.3 Å². The van der Waals surface area contributed by atoms with E-state index in [1.165, 1.54) is 63.0 Å². The van der Waals surface area contributed by atoms with Gasteiger partial charge in [-0.25, -0.2) is 4.79 Å². The van der Waals surface area contributed by atoms with Gasteiger partial charge in [-0.15, -0.1) is 0 Å². The number of carboxylic acids is 1. The highest BCUT2D eigenvalue weighted by Gasteiger charge is 1.96. The first-order valence-corrected chi connectivity index (χ1v) is 8.22. The molecule has 0 radical (unpaired) electrons. The molecule has 2 heteroatoms. The Morgan fingerprint density at radius 2 is 1.71 bits per heavy atom. The van der Waals surface area contributed by atoms with Gasteiger partial charge in [-0.2, -0.15) is 0 Å². The van der Waals surface area contributed by atoms with E-state index in [-0.39, 0.29) is 0 Å². The number of carboxylic acid groups (broad SMARTS) is 1. The van der Waals surface area contributed by atoms with Crippen LogP contribution >= 0.6 is 0 Å². The molecule has 0 unspecified atom stereocenters. The van der Waals surface area contributed by atoms with Crippen LogP contribution in [0.3, 0.4) is 0 Å². The lowest BCUT2D eigenvalue weighted by Crippen LogP contribution is -1.89. The Balaban J connectivity index is 2.20. The van der Waals surface area contributed by atoms with Crippen LogP contribution < -0.4 is 0 Å². The number of aryl methyl sites for hydroxylation is 1. The lowest BCUT2D eigenvalue weighted by Gasteiger charge is -2.04. The van der Waals surface area contributed by atoms with Gasteiger partial charge < -0.3 is 5.11 Å². The molecule has 0 aliphatic rings. The predicted octanol–water partition coefficient (Wildman–Crippen LogP) is 5.47. The summed E-state index contributed by atoms with van der Waals surface area (Å²) in [5.74, 6) is -0.900. The quantitative estimate of drug-likeness (QED) is 0.433. The maximum absolute atomic E-state index is 10.5. The zero-order valence-corrected chi connectivity index (χ0v) is 13.2. The molecule has 0 aliphatic heterocycles. The van der Waals surface area contributed by atoms with Gasteiger partial charge in [0.25, 0.3) is 0 Å². The van der Waals surface area contributed by atoms with Crippen LogP contribution in [0, 0.1) is 0 Å². The minimum atomic E-state index is -0.900. The van der Waals surface area contributed by atoms with Crippen molar-refractivity contribution in [2.24, 2.45) is 0 Å². The van der Waals surface area contributed by atoms with E-state index in [1.807, 2.05) is 12.1 Å². The van der Waals surface area contributed by atoms with E-state index in [9.17, 15) is 4.79 Å². The SMILES string of the molecule is CCCCCCCCCCc1cccc(C=CC(=O)O)c1. The van der Waals surface area contributed by atoms with Gasteiger partial charge in [0, 0.05) is 6.08 Å². The first-order valence-electron chi connectivity index (χ1n) is 8.22. The van der Waals surface area contributed by atoms with Crippen LogP contribution in [0.1, 0.15) is 69.4 Å². The largest absolute Gasteiger partial charge is 0.478 e. The highest BCUT2D eigenvalue weighted by atomic mass is 16.4. The zero-order chi connectivity index (χ0) is 15.3. The van der Waals surface area contributed by atoms with Crippen molar-refractivity contribution in [2.75, 3.05) is 0 Å². The van der Waals surface area contributed by atoms with Crippen molar-refractivity contribution in [1.82, 2.24) is 0 Å². The minimum absolute atomic E-state index is 0.900. The first kappa shape index (κ1) is 17.5. The van der Waals surface area contributed by atoms with E-state index in [0.717, 1.165) is 12.0 Å². The summed E-state index contributed by atoms with van der Waals surface area (Å²) in [7, 11) is 0. The number of rotatable bonds is 11. The average Bonchev–Trinajstić information content (AvgIpc) is 2.48. The monoisotopic (exact) mass is 288 g/mol. The standard InChI is InChI=1S/C19H28O2/c1-2-3-4-5-6-7-8-9-11-17-12-10-13-18(16-17)14-15-19(20)21/h10,12-16H,2-9,11H2,1H3,(H,20,21). The molecule has 0 aromatic heterocycles. The molecule has 2 nitrogen and oxygen atoms in total. The summed E-state index contributed by atoms with van der Waals surface area (Å²) in [6.45, 7) is 2.25. The molecule has 0 spiro atoms. The fraction of sp³-hybridized carbons (Fsp3) is 0.526. The van der Waals surface area contributed by atoms with Gasteiger partial charge >= 0.3 is 5.97 Å². The normalized spacial score (nSPS) is 11.1. The predicted molar refractivity (Wildman–Crippen MR) is 89.4 cm³/mol. The summed E-state index contributed by atoms with van der Waals surface area (Å²) in [5, 5.41) is 8.64. The maximum Gasteiger partial charge on any atom is 0.328 e. The van der Waals surface area contributed by atoms with E-state index in [0.29, 0.717) is 0 Å². The lowest BCUT2D eigenvalue weighted by atomic mass is 10.0. The molecule has 1 rings (SSSR count). The Bertz CT molecular complexity index is 435. The van der Waals surface area contributed by atoms with Gasteiger partial charge in [-0.1, -0.05) is 76.1 Å². The number of carbonyl (C=O) groups is 1. The highest BCUT2D eigenvalue weighted by molar-refractivity contribution is 5.85. The van der Waals surface area contributed by atoms with E-state index < -0.39 is 5.97 Å². The molecule has 0 fully saturated rings. The number of unbranched alkanes of at least 4 members (excludes halogenated alkanes) is 7. The second kappa shape index (κ2) is 11.1. The summed E-state index contributed by atoms with van der Waals surface area (Å²) in [5.41, 5.74) is 2.27. The first-order chi connectivity index (χ1) is 10.2. The number of hydrogen-bond acceptors (Lipinski definition) is 1. The molecule has 0 bridgehead atoms. The van der Waals surface area contributed by atoms with Crippen LogP contribution in [-0.2, 0) is 11.2 Å². The molecule has 0 saturated carbocycles. The molecule has 1 aromatic rings. The van der Waals surface area contributed by atoms with Crippen molar-refractivity contribution in [3.63, 3.8) is 0 Å². The van der Waals surface area contributed by atoms with Crippen molar-refractivity contribution in [3.05, 3.63) is 41.5 Å². The average molecular weight is 288 g/mol. The third kappa shape index (κ3) is 9.06. The molecule has 1 aromatic carbocycles. The maximum atomic E-state index is 10.5. The van der Waals surface area contributed by atoms with E-state index in [2.05, 4.69) is 19.1 Å². The van der Waals surface area contributed by atoms with Crippen LogP contribution in [0.5, 0.6) is 0 Å². The van der Waals surface area contributed by atoms with Gasteiger partial charge in [0.05, 0.1) is 0 Å². The molecule has 0 amide bonds. The zero-order valence-electron chi connectivity index (χ0n) is 13.2. The molecule has 0 heterocycles. The van der Waals surface area contributed by atoms with E-state index in [1.54, 1.807) is 6.08 Å². The summed E-state index contributed by atoms with van der Waals surface area (Å²) in [4.78, 5) is 10.5. The van der Waals surface area contributed by atoms with Crippen molar-refractivity contribution in [3.8, 4) is 0 Å². The van der Waals surface area contributed by atoms with Crippen molar-refractivity contribution >= 4 is 12.0 Å². The summed E-state index contributed by atoms with van der Waals surface area (Å²) in [6, 6.07) is 8.15. The summed E-state index contributed by atoms with van der Waals surface area (Å²) < 4.78 is 0. The van der Waals surface area contributed by atoms with E-state index in [4.69, 9.17) is 5.11 Å². The second-order valence-corrected chi connectivity index (χ2v) is 5.64. The number of aliphatic carboxylic acids is 1. The van der Waals surface area contributed by atoms with Crippen molar-refractivity contribution in [1.29, 1.82) is 0 Å². The topological polar surface area (TPSA) is 37.3 Å². The summed E-state index contributed by atoms with van der Waals surface area (Å²) in [6.07, 6.45) is 14.6. The third-order valence-electron chi connectivity index (χ3n) is 3.69. The molecular weight excluding hydrogens is 260 g/mol. The fourth-order valence-electron chi connectivity index (χ4n) is 2.48. The highest BCUT2D eigenvalue weighted by Crippen LogP contribution is 2.13. The summed E-state index contributed by atoms with van der Waals surface area (Å²) >= 11 is 0. The van der Waals surface area contributed by atoms with Gasteiger partial charge in [-0.05, 0) is 30.0 Å². The Morgan fingerprint density at radius 1 is 1.05 bits per heavy atom. The molecular formula is C19H28O2. The molecule has 0 atom stereocenters. The molecule has 0 saturated heterocycles. The Hall–Kier alpha value is -1.57. The molecule has 21 heavy (non-hydrogen) atoms. The van der Waals surface area contributed by atoms with Crippen LogP contribution in [0.4, 0.5) is 0 Å². The molecule has 116 valence electrons. The smallest absolute Gasteiger partial charge is 0.328 e. The minimum Gasteiger partial charge on any atom is -0.478 e. The fourth-order valence-corrected chi connectivity index (χ4v) is 2.48. The number of hydrogen-bond donors (Lipinski definition) is 1. The van der Waals surface area contributed by atoms with Gasteiger partial charge in [0.2, 0.25) is 0 Å². The van der Waals surface area contributed by atoms with Gasteiger partial charge in [0.15, 0.2) is 0 Å². The second-order valence-electron chi connectivity index (χ2n) is 5.64. The Kier molecular flexibility index (Phi) is 9.26. The van der Waals surface area contributed by atoms with Crippen molar-refractivity contribution in [2.45, 2.75) is 64.7 Å². The Labute approximate surface area is 128 Å². The Morgan fingerprint density at radius 3 is 2.38 bits per heavy atom. The third-order valence-corrected chi connectivity index (χ3v) is 3.69.